The van der Waals surface area contributed by atoms with E-state index in [9.17, 15) is 0 Å². The van der Waals surface area contributed by atoms with Gasteiger partial charge < -0.3 is 20.2 Å². The van der Waals surface area contributed by atoms with E-state index in [1.54, 1.807) is 0 Å². The third kappa shape index (κ3) is 4.25. The highest BCUT2D eigenvalue weighted by Gasteiger charge is 2.30. The summed E-state index contributed by atoms with van der Waals surface area (Å²) in [6.07, 6.45) is 5.92. The monoisotopic (exact) mass is 510 g/mol. The number of benzene rings is 2. The molecule has 3 aromatic heterocycles. The molecule has 1 saturated carbocycles. The average Bonchev–Trinajstić information content (AvgIpc) is 3.56. The van der Waals surface area contributed by atoms with Crippen LogP contribution in [0, 0.1) is 0 Å². The molecule has 0 radical (unpaired) electrons. The fraction of sp³-hybridized carbons (Fsp3) is 0.357. The van der Waals surface area contributed by atoms with Gasteiger partial charge in [0.1, 0.15) is 23.4 Å². The Labute approximate surface area is 219 Å². The van der Waals surface area contributed by atoms with E-state index in [0.717, 1.165) is 85.5 Å². The third-order valence-electron chi connectivity index (χ3n) is 7.78. The van der Waals surface area contributed by atoms with Crippen molar-refractivity contribution < 1.29 is 9.15 Å². The lowest BCUT2D eigenvalue weighted by Gasteiger charge is -2.38. The van der Waals surface area contributed by atoms with Gasteiger partial charge in [-0.25, -0.2) is 14.6 Å². The molecule has 10 nitrogen and oxygen atoms in total. The first-order valence-corrected chi connectivity index (χ1v) is 13.3. The van der Waals surface area contributed by atoms with Gasteiger partial charge in [-0.15, -0.1) is 0 Å². The summed E-state index contributed by atoms with van der Waals surface area (Å²) in [6.45, 7) is 3.73. The van der Waals surface area contributed by atoms with Gasteiger partial charge in [-0.2, -0.15) is 10.1 Å². The first kappa shape index (κ1) is 23.1. The largest absolute Gasteiger partial charge is 0.423 e. The predicted molar refractivity (Wildman–Crippen MR) is 146 cm³/mol. The summed E-state index contributed by atoms with van der Waals surface area (Å²) < 4.78 is 13.7. The quantitative estimate of drug-likeness (QED) is 0.344. The maximum Gasteiger partial charge on any atom is 0.300 e. The molecule has 3 N–H and O–H groups in total. The lowest BCUT2D eigenvalue weighted by molar-refractivity contribution is 0.00520. The van der Waals surface area contributed by atoms with Crippen LogP contribution in [0.2, 0.25) is 0 Å². The maximum absolute atomic E-state index is 6.39. The molecule has 0 unspecified atom stereocenters. The lowest BCUT2D eigenvalue weighted by atomic mass is 9.90. The van der Waals surface area contributed by atoms with Gasteiger partial charge in [0.2, 0.25) is 0 Å². The highest BCUT2D eigenvalue weighted by atomic mass is 16.5. The number of oxazole rings is 1. The zero-order chi connectivity index (χ0) is 25.5. The number of anilines is 3. The van der Waals surface area contributed by atoms with Crippen LogP contribution < -0.4 is 11.1 Å². The second-order valence-electron chi connectivity index (χ2n) is 10.1. The molecule has 1 saturated heterocycles. The zero-order valence-electron chi connectivity index (χ0n) is 21.1. The van der Waals surface area contributed by atoms with Gasteiger partial charge in [0.25, 0.3) is 6.01 Å². The first-order valence-electron chi connectivity index (χ1n) is 13.3. The minimum Gasteiger partial charge on any atom is -0.423 e. The average molecular weight is 511 g/mol. The van der Waals surface area contributed by atoms with Crippen LogP contribution in [-0.4, -0.2) is 62.0 Å². The van der Waals surface area contributed by atoms with Crippen LogP contribution in [-0.2, 0) is 4.74 Å². The Morgan fingerprint density at radius 2 is 1.71 bits per heavy atom. The van der Waals surface area contributed by atoms with E-state index in [2.05, 4.69) is 29.9 Å². The van der Waals surface area contributed by atoms with Crippen LogP contribution in [0.25, 0.3) is 33.4 Å². The fourth-order valence-electron chi connectivity index (χ4n) is 5.83. The first-order chi connectivity index (χ1) is 18.7. The molecule has 2 aliphatic rings. The van der Waals surface area contributed by atoms with Crippen molar-refractivity contribution in [3.8, 4) is 11.3 Å². The van der Waals surface area contributed by atoms with Gasteiger partial charge >= 0.3 is 0 Å². The highest BCUT2D eigenvalue weighted by molar-refractivity contribution is 5.99. The van der Waals surface area contributed by atoms with Crippen molar-refractivity contribution >= 4 is 39.7 Å². The van der Waals surface area contributed by atoms with E-state index in [-0.39, 0.29) is 6.04 Å². The molecule has 5 aromatic rings. The summed E-state index contributed by atoms with van der Waals surface area (Å²) in [4.78, 5) is 16.1. The van der Waals surface area contributed by atoms with Gasteiger partial charge in [-0.3, -0.25) is 4.90 Å². The number of fused-ring (bicyclic) bond motifs is 2. The van der Waals surface area contributed by atoms with Crippen molar-refractivity contribution in [3.05, 3.63) is 54.9 Å². The molecule has 38 heavy (non-hydrogen) atoms. The number of nitrogens with zero attached hydrogens (tertiary/aromatic N) is 6. The van der Waals surface area contributed by atoms with Gasteiger partial charge in [0.05, 0.1) is 24.6 Å². The molecule has 1 aliphatic carbocycles. The summed E-state index contributed by atoms with van der Waals surface area (Å²) in [5, 5.41) is 9.09. The van der Waals surface area contributed by atoms with E-state index in [1.165, 1.54) is 6.33 Å². The number of hydrogen-bond donors (Lipinski definition) is 2. The second kappa shape index (κ2) is 9.70. The number of morpholine rings is 1. The molecule has 2 fully saturated rings. The molecular formula is C28H30N8O2. The normalized spacial score (nSPS) is 20.7. The maximum atomic E-state index is 6.39. The number of ether oxygens (including phenoxy) is 1. The Morgan fingerprint density at radius 1 is 0.921 bits per heavy atom. The second-order valence-corrected chi connectivity index (χ2v) is 10.1. The van der Waals surface area contributed by atoms with E-state index < -0.39 is 0 Å². The fourth-order valence-corrected chi connectivity index (χ4v) is 5.83. The van der Waals surface area contributed by atoms with Crippen molar-refractivity contribution in [1.82, 2.24) is 29.6 Å². The number of hydrogen-bond acceptors (Lipinski definition) is 9. The summed E-state index contributed by atoms with van der Waals surface area (Å²) in [7, 11) is 0. The molecule has 2 aromatic carbocycles. The summed E-state index contributed by atoms with van der Waals surface area (Å²) >= 11 is 0. The van der Waals surface area contributed by atoms with Crippen LogP contribution >= 0.6 is 0 Å². The minimum atomic E-state index is 0.272. The Balaban J connectivity index is 1.19. The molecule has 10 heteroatoms. The molecule has 4 heterocycles. The number of nitrogens with one attached hydrogen (secondary N) is 1. The number of nitrogen functional groups attached to an aromatic ring is 1. The van der Waals surface area contributed by atoms with Gasteiger partial charge in [0.15, 0.2) is 11.2 Å². The standard InChI is InChI=1S/C28H30N8O2/c29-26-24-25(18-6-11-22-23(16-18)38-28(33-22)32-19-4-2-1-3-5-19)34-36(27(24)31-17-30-26)21-9-7-20(8-10-21)35-12-14-37-15-13-35/h1-6,11,16-17,20-21H,7-10,12-15H2,(H,32,33)(H2,29,30,31)/t20-,21-. The molecule has 7 rings (SSSR count). The van der Waals surface area contributed by atoms with Crippen molar-refractivity contribution in [3.63, 3.8) is 0 Å². The third-order valence-corrected chi connectivity index (χ3v) is 7.78. The van der Waals surface area contributed by atoms with E-state index in [0.29, 0.717) is 23.5 Å². The van der Waals surface area contributed by atoms with Crippen molar-refractivity contribution in [2.75, 3.05) is 37.4 Å². The molecule has 1 aliphatic heterocycles. The Bertz CT molecular complexity index is 1570. The topological polar surface area (TPSA) is 120 Å². The number of nitrogens with two attached hydrogens (primary N) is 1. The van der Waals surface area contributed by atoms with Crippen LogP contribution in [0.3, 0.4) is 0 Å². The number of rotatable bonds is 5. The van der Waals surface area contributed by atoms with Gasteiger partial charge in [-0.05, 0) is 49.9 Å². The van der Waals surface area contributed by atoms with Crippen molar-refractivity contribution in [1.29, 1.82) is 0 Å². The summed E-state index contributed by atoms with van der Waals surface area (Å²) in [6, 6.07) is 17.1. The molecule has 0 bridgehead atoms. The molecule has 0 atom stereocenters. The highest BCUT2D eigenvalue weighted by Crippen LogP contribution is 2.38. The molecule has 0 amide bonds. The van der Waals surface area contributed by atoms with Crippen LogP contribution in [0.4, 0.5) is 17.5 Å². The van der Waals surface area contributed by atoms with E-state index >= 15 is 0 Å². The molecular weight excluding hydrogens is 480 g/mol. The Kier molecular flexibility index (Phi) is 5.90. The SMILES string of the molecule is Nc1ncnc2c1c(-c1ccc3nc(Nc4ccccc4)oc3c1)nn2[C@H]1CC[C@H](N2CCOCC2)CC1. The van der Waals surface area contributed by atoms with Crippen molar-refractivity contribution in [2.45, 2.75) is 37.8 Å². The molecule has 0 spiro atoms. The molecule has 194 valence electrons. The number of para-hydroxylation sites is 1. The van der Waals surface area contributed by atoms with Crippen molar-refractivity contribution in [2.24, 2.45) is 0 Å². The zero-order valence-corrected chi connectivity index (χ0v) is 21.1. The van der Waals surface area contributed by atoms with Crippen LogP contribution in [0.5, 0.6) is 0 Å². The minimum absolute atomic E-state index is 0.272. The smallest absolute Gasteiger partial charge is 0.300 e. The lowest BCUT2D eigenvalue weighted by Crippen LogP contribution is -2.45. The summed E-state index contributed by atoms with van der Waals surface area (Å²) in [5.74, 6) is 0.433. The Hall–Kier alpha value is -4.02. The van der Waals surface area contributed by atoms with E-state index in [1.807, 2.05) is 48.5 Å². The Morgan fingerprint density at radius 3 is 2.53 bits per heavy atom. The predicted octanol–water partition coefficient (Wildman–Crippen LogP) is 4.78. The van der Waals surface area contributed by atoms with Gasteiger partial charge in [-0.1, -0.05) is 24.3 Å². The van der Waals surface area contributed by atoms with E-state index in [4.69, 9.17) is 20.0 Å². The summed E-state index contributed by atoms with van der Waals surface area (Å²) in [5.41, 5.74) is 11.2. The number of aromatic nitrogens is 5. The van der Waals surface area contributed by atoms with Crippen LogP contribution in [0.1, 0.15) is 31.7 Å². The van der Waals surface area contributed by atoms with Crippen LogP contribution in [0.15, 0.2) is 59.3 Å². The van der Waals surface area contributed by atoms with Gasteiger partial charge in [0, 0.05) is 30.4 Å².